The molecule has 0 aliphatic carbocycles. The smallest absolute Gasteiger partial charge is 0.0178 e. The van der Waals surface area contributed by atoms with Gasteiger partial charge in [0.05, 0.1) is 0 Å². The molecule has 59 valence electrons. The molecule has 0 aromatic heterocycles. The third-order valence-corrected chi connectivity index (χ3v) is 2.24. The molecule has 1 radical (unpaired) electrons. The highest BCUT2D eigenvalue weighted by atomic mass is 14.0. The van der Waals surface area contributed by atoms with E-state index in [0.717, 1.165) is 12.8 Å². The molecule has 0 atom stereocenters. The summed E-state index contributed by atoms with van der Waals surface area (Å²) in [5.41, 5.74) is 4.32. The number of benzene rings is 1. The van der Waals surface area contributed by atoms with Crippen molar-refractivity contribution in [2.45, 2.75) is 33.6 Å². The molecular formula is C11H15. The first-order valence-corrected chi connectivity index (χ1v) is 4.28. The third kappa shape index (κ3) is 1.62. The summed E-state index contributed by atoms with van der Waals surface area (Å²) in [6, 6.07) is 7.36. The molecule has 0 saturated heterocycles. The Bertz CT molecular complexity index is 214. The Morgan fingerprint density at radius 3 is 1.91 bits per heavy atom. The summed E-state index contributed by atoms with van der Waals surface area (Å²) in [7, 11) is 0. The zero-order valence-corrected chi connectivity index (χ0v) is 7.57. The van der Waals surface area contributed by atoms with Gasteiger partial charge in [0.2, 0.25) is 0 Å². The van der Waals surface area contributed by atoms with Crippen molar-refractivity contribution in [3.63, 3.8) is 0 Å². The van der Waals surface area contributed by atoms with Crippen LogP contribution in [0, 0.1) is 13.0 Å². The first-order valence-electron chi connectivity index (χ1n) is 4.28. The number of rotatable bonds is 2. The van der Waals surface area contributed by atoms with Crippen molar-refractivity contribution in [3.8, 4) is 0 Å². The minimum absolute atomic E-state index is 1.12. The second-order valence-electron chi connectivity index (χ2n) is 2.84. The van der Waals surface area contributed by atoms with Crippen molar-refractivity contribution in [2.24, 2.45) is 0 Å². The van der Waals surface area contributed by atoms with Crippen LogP contribution in [0.15, 0.2) is 12.1 Å². The molecule has 1 aromatic carbocycles. The molecule has 0 fully saturated rings. The van der Waals surface area contributed by atoms with Crippen molar-refractivity contribution in [1.82, 2.24) is 0 Å². The normalized spacial score (nSPS) is 10.1. The van der Waals surface area contributed by atoms with E-state index in [1.165, 1.54) is 16.7 Å². The topological polar surface area (TPSA) is 0 Å². The molecule has 0 spiro atoms. The Balaban J connectivity index is 3.10. The minimum Gasteiger partial charge on any atom is -0.0613 e. The van der Waals surface area contributed by atoms with Gasteiger partial charge in [-0.25, -0.2) is 0 Å². The van der Waals surface area contributed by atoms with E-state index in [9.17, 15) is 0 Å². The second-order valence-corrected chi connectivity index (χ2v) is 2.84. The molecule has 0 heteroatoms. The average molecular weight is 147 g/mol. The zero-order chi connectivity index (χ0) is 8.27. The predicted molar refractivity (Wildman–Crippen MR) is 48.8 cm³/mol. The lowest BCUT2D eigenvalue weighted by Crippen LogP contribution is -1.92. The molecular weight excluding hydrogens is 132 g/mol. The van der Waals surface area contributed by atoms with Crippen LogP contribution in [0.25, 0.3) is 0 Å². The summed E-state index contributed by atoms with van der Waals surface area (Å²) in [6.45, 7) is 6.58. The summed E-state index contributed by atoms with van der Waals surface area (Å²) in [5, 5.41) is 0. The molecule has 0 unspecified atom stereocenters. The van der Waals surface area contributed by atoms with Crippen molar-refractivity contribution in [1.29, 1.82) is 0 Å². The maximum absolute atomic E-state index is 3.17. The average Bonchev–Trinajstić information content (AvgIpc) is 2.05. The Hall–Kier alpha value is -0.780. The van der Waals surface area contributed by atoms with Crippen molar-refractivity contribution < 1.29 is 0 Å². The second kappa shape index (κ2) is 3.56. The molecule has 1 rings (SSSR count). The summed E-state index contributed by atoms with van der Waals surface area (Å²) >= 11 is 0. The fraction of sp³-hybridized carbons (Fsp3) is 0.455. The summed E-state index contributed by atoms with van der Waals surface area (Å²) in [6.07, 6.45) is 2.24. The lowest BCUT2D eigenvalue weighted by molar-refractivity contribution is 1.04. The van der Waals surface area contributed by atoms with Crippen molar-refractivity contribution >= 4 is 0 Å². The van der Waals surface area contributed by atoms with Gasteiger partial charge >= 0.3 is 0 Å². The van der Waals surface area contributed by atoms with E-state index < -0.39 is 0 Å². The van der Waals surface area contributed by atoms with E-state index in [4.69, 9.17) is 0 Å². The van der Waals surface area contributed by atoms with Crippen LogP contribution in [-0.2, 0) is 12.8 Å². The summed E-state index contributed by atoms with van der Waals surface area (Å²) < 4.78 is 0. The van der Waals surface area contributed by atoms with Crippen molar-refractivity contribution in [3.05, 3.63) is 34.9 Å². The Morgan fingerprint density at radius 1 is 1.09 bits per heavy atom. The van der Waals surface area contributed by atoms with Crippen LogP contribution in [0.4, 0.5) is 0 Å². The highest BCUT2D eigenvalue weighted by Crippen LogP contribution is 2.13. The van der Waals surface area contributed by atoms with Gasteiger partial charge in [-0.3, -0.25) is 0 Å². The van der Waals surface area contributed by atoms with Gasteiger partial charge in [0.25, 0.3) is 0 Å². The maximum Gasteiger partial charge on any atom is -0.0178 e. The number of hydrogen-bond donors (Lipinski definition) is 0. The molecule has 0 amide bonds. The van der Waals surface area contributed by atoms with Crippen LogP contribution in [-0.4, -0.2) is 0 Å². The van der Waals surface area contributed by atoms with E-state index >= 15 is 0 Å². The molecule has 1 aromatic rings. The van der Waals surface area contributed by atoms with Gasteiger partial charge in [-0.2, -0.15) is 0 Å². The SMILES string of the molecule is CCc1c[c]cc(CC)c1C. The summed E-state index contributed by atoms with van der Waals surface area (Å²) in [5.74, 6) is 0. The Labute approximate surface area is 69.3 Å². The largest absolute Gasteiger partial charge is 0.0613 e. The summed E-state index contributed by atoms with van der Waals surface area (Å²) in [4.78, 5) is 0. The highest BCUT2D eigenvalue weighted by molar-refractivity contribution is 5.33. The van der Waals surface area contributed by atoms with Gasteiger partial charge in [-0.05, 0) is 42.5 Å². The van der Waals surface area contributed by atoms with E-state index in [-0.39, 0.29) is 0 Å². The molecule has 0 nitrogen and oxygen atoms in total. The van der Waals surface area contributed by atoms with E-state index in [1.54, 1.807) is 0 Å². The van der Waals surface area contributed by atoms with E-state index in [0.29, 0.717) is 0 Å². The van der Waals surface area contributed by atoms with E-state index in [1.807, 2.05) is 0 Å². The predicted octanol–water partition coefficient (Wildman–Crippen LogP) is 2.92. The third-order valence-electron chi connectivity index (χ3n) is 2.24. The van der Waals surface area contributed by atoms with Crippen LogP contribution in [0.3, 0.4) is 0 Å². The molecule has 0 aliphatic heterocycles. The number of hydrogen-bond acceptors (Lipinski definition) is 0. The molecule has 0 aliphatic rings. The Kier molecular flexibility index (Phi) is 2.70. The highest BCUT2D eigenvalue weighted by Gasteiger charge is 1.98. The monoisotopic (exact) mass is 147 g/mol. The van der Waals surface area contributed by atoms with Crippen LogP contribution in [0.5, 0.6) is 0 Å². The molecule has 0 saturated carbocycles. The standard InChI is InChI=1S/C11H15/c1-4-10-7-6-8-11(5-2)9(10)3/h7-8H,4-5H2,1-3H3. The minimum atomic E-state index is 1.12. The molecule has 0 heterocycles. The van der Waals surface area contributed by atoms with Gasteiger partial charge in [0, 0.05) is 0 Å². The molecule has 11 heavy (non-hydrogen) atoms. The van der Waals surface area contributed by atoms with Crippen LogP contribution < -0.4 is 0 Å². The first-order chi connectivity index (χ1) is 5.29. The number of aryl methyl sites for hydroxylation is 2. The van der Waals surface area contributed by atoms with Crippen LogP contribution in [0.1, 0.15) is 30.5 Å². The quantitative estimate of drug-likeness (QED) is 0.603. The van der Waals surface area contributed by atoms with Gasteiger partial charge in [-0.15, -0.1) is 0 Å². The van der Waals surface area contributed by atoms with E-state index in [2.05, 4.69) is 39.0 Å². The Morgan fingerprint density at radius 2 is 1.55 bits per heavy atom. The lowest BCUT2D eigenvalue weighted by atomic mass is 9.99. The van der Waals surface area contributed by atoms with Crippen LogP contribution in [0.2, 0.25) is 0 Å². The van der Waals surface area contributed by atoms with Gasteiger partial charge in [0.1, 0.15) is 0 Å². The van der Waals surface area contributed by atoms with Gasteiger partial charge in [0.15, 0.2) is 0 Å². The maximum atomic E-state index is 3.17. The first kappa shape index (κ1) is 8.32. The zero-order valence-electron chi connectivity index (χ0n) is 7.57. The fourth-order valence-corrected chi connectivity index (χ4v) is 1.40. The van der Waals surface area contributed by atoms with Crippen LogP contribution >= 0.6 is 0 Å². The molecule has 0 bridgehead atoms. The van der Waals surface area contributed by atoms with Crippen molar-refractivity contribution in [2.75, 3.05) is 0 Å². The fourth-order valence-electron chi connectivity index (χ4n) is 1.40. The van der Waals surface area contributed by atoms with Gasteiger partial charge in [-0.1, -0.05) is 26.0 Å². The van der Waals surface area contributed by atoms with Gasteiger partial charge < -0.3 is 0 Å². The lowest BCUT2D eigenvalue weighted by Gasteiger charge is -2.06. The molecule has 0 N–H and O–H groups in total.